The molecule has 2 aromatic rings. The van der Waals surface area contributed by atoms with Crippen LogP contribution < -0.4 is 10.5 Å². The van der Waals surface area contributed by atoms with E-state index in [1.165, 1.54) is 0 Å². The van der Waals surface area contributed by atoms with Gasteiger partial charge in [0.05, 0.1) is 18.0 Å². The number of nitrogen functional groups attached to an aromatic ring is 1. The van der Waals surface area contributed by atoms with Gasteiger partial charge in [-0.1, -0.05) is 30.3 Å². The van der Waals surface area contributed by atoms with E-state index in [4.69, 9.17) is 10.5 Å². The fourth-order valence-corrected chi connectivity index (χ4v) is 3.60. The minimum atomic E-state index is -3.75. The molecule has 0 aromatic heterocycles. The van der Waals surface area contributed by atoms with Gasteiger partial charge in [0.1, 0.15) is 4.90 Å². The number of methoxy groups -OCH3 is 1. The van der Waals surface area contributed by atoms with Gasteiger partial charge in [0.15, 0.2) is 0 Å². The van der Waals surface area contributed by atoms with Gasteiger partial charge in [-0.3, -0.25) is 4.72 Å². The largest absolute Gasteiger partial charge is 0.398 e. The summed E-state index contributed by atoms with van der Waals surface area (Å²) in [6.07, 6.45) is 0. The first-order valence-electron chi connectivity index (χ1n) is 6.40. The summed E-state index contributed by atoms with van der Waals surface area (Å²) < 4.78 is 32.8. The lowest BCUT2D eigenvalue weighted by Crippen LogP contribution is -2.17. The first kappa shape index (κ1) is 15.3. The minimum absolute atomic E-state index is 0.109. The second kappa shape index (κ2) is 6.15. The maximum absolute atomic E-state index is 12.6. The lowest BCUT2D eigenvalue weighted by molar-refractivity contribution is 0.185. The van der Waals surface area contributed by atoms with E-state index in [-0.39, 0.29) is 10.6 Å². The van der Waals surface area contributed by atoms with Crippen molar-refractivity contribution in [3.05, 3.63) is 53.6 Å². The Labute approximate surface area is 124 Å². The molecule has 0 amide bonds. The van der Waals surface area contributed by atoms with Gasteiger partial charge in [-0.15, -0.1) is 0 Å². The van der Waals surface area contributed by atoms with Crippen LogP contribution in [-0.4, -0.2) is 15.5 Å². The SMILES string of the molecule is COCc1ccccc1NS(=O)(=O)c1c(C)cccc1N. The molecule has 0 aliphatic rings. The summed E-state index contributed by atoms with van der Waals surface area (Å²) in [6.45, 7) is 2.04. The molecule has 0 spiro atoms. The molecule has 112 valence electrons. The second-order valence-corrected chi connectivity index (χ2v) is 6.31. The number of aryl methyl sites for hydroxylation is 1. The minimum Gasteiger partial charge on any atom is -0.398 e. The molecule has 0 bridgehead atoms. The van der Waals surface area contributed by atoms with Crippen molar-refractivity contribution in [2.24, 2.45) is 0 Å². The van der Waals surface area contributed by atoms with Crippen molar-refractivity contribution in [2.75, 3.05) is 17.6 Å². The van der Waals surface area contributed by atoms with Gasteiger partial charge in [0, 0.05) is 12.7 Å². The maximum atomic E-state index is 12.6. The van der Waals surface area contributed by atoms with E-state index in [1.54, 1.807) is 44.4 Å². The Kier molecular flexibility index (Phi) is 4.50. The van der Waals surface area contributed by atoms with Crippen LogP contribution in [0.5, 0.6) is 0 Å². The lowest BCUT2D eigenvalue weighted by Gasteiger charge is -2.15. The van der Waals surface area contributed by atoms with Crippen molar-refractivity contribution >= 4 is 21.4 Å². The molecule has 0 fully saturated rings. The number of ether oxygens (including phenoxy) is 1. The molecule has 0 aliphatic carbocycles. The average Bonchev–Trinajstić information content (AvgIpc) is 2.40. The molecule has 0 saturated heterocycles. The third kappa shape index (κ3) is 3.34. The van der Waals surface area contributed by atoms with Crippen LogP contribution in [-0.2, 0) is 21.4 Å². The molecule has 0 aliphatic heterocycles. The summed E-state index contributed by atoms with van der Waals surface area (Å²) in [5.74, 6) is 0. The highest BCUT2D eigenvalue weighted by Crippen LogP contribution is 2.26. The standard InChI is InChI=1S/C15H18N2O3S/c1-11-6-5-8-13(16)15(11)21(18,19)17-14-9-4-3-7-12(14)10-20-2/h3-9,17H,10,16H2,1-2H3. The molecular weight excluding hydrogens is 288 g/mol. The smallest absolute Gasteiger partial charge is 0.264 e. The number of nitrogens with one attached hydrogen (secondary N) is 1. The van der Waals surface area contributed by atoms with E-state index in [9.17, 15) is 8.42 Å². The number of anilines is 2. The third-order valence-corrected chi connectivity index (χ3v) is 4.66. The van der Waals surface area contributed by atoms with Gasteiger partial charge < -0.3 is 10.5 Å². The summed E-state index contributed by atoms with van der Waals surface area (Å²) in [5, 5.41) is 0. The highest BCUT2D eigenvalue weighted by molar-refractivity contribution is 7.93. The number of nitrogens with two attached hydrogens (primary N) is 1. The van der Waals surface area contributed by atoms with Crippen molar-refractivity contribution < 1.29 is 13.2 Å². The van der Waals surface area contributed by atoms with Crippen molar-refractivity contribution in [1.82, 2.24) is 0 Å². The maximum Gasteiger partial charge on any atom is 0.264 e. The molecule has 5 nitrogen and oxygen atoms in total. The van der Waals surface area contributed by atoms with Crippen LogP contribution in [0.3, 0.4) is 0 Å². The van der Waals surface area contributed by atoms with Crippen molar-refractivity contribution in [3.63, 3.8) is 0 Å². The number of hydrogen-bond donors (Lipinski definition) is 2. The summed E-state index contributed by atoms with van der Waals surface area (Å²) in [4.78, 5) is 0.109. The van der Waals surface area contributed by atoms with Crippen LogP contribution in [0.4, 0.5) is 11.4 Å². The van der Waals surface area contributed by atoms with Gasteiger partial charge in [-0.25, -0.2) is 8.42 Å². The van der Waals surface area contributed by atoms with Gasteiger partial charge in [0.2, 0.25) is 0 Å². The average molecular weight is 306 g/mol. The number of sulfonamides is 1. The highest BCUT2D eigenvalue weighted by Gasteiger charge is 2.20. The Balaban J connectivity index is 2.43. The van der Waals surface area contributed by atoms with E-state index < -0.39 is 10.0 Å². The molecule has 0 atom stereocenters. The fourth-order valence-electron chi connectivity index (χ4n) is 2.14. The first-order chi connectivity index (χ1) is 9.95. The van der Waals surface area contributed by atoms with Crippen LogP contribution in [0.1, 0.15) is 11.1 Å². The summed E-state index contributed by atoms with van der Waals surface area (Å²) in [7, 11) is -2.19. The lowest BCUT2D eigenvalue weighted by atomic mass is 10.2. The van der Waals surface area contributed by atoms with Gasteiger partial charge in [-0.05, 0) is 24.6 Å². The molecule has 0 saturated carbocycles. The van der Waals surface area contributed by atoms with Gasteiger partial charge >= 0.3 is 0 Å². The Bertz CT molecular complexity index is 722. The van der Waals surface area contributed by atoms with E-state index in [0.29, 0.717) is 17.9 Å². The number of hydrogen-bond acceptors (Lipinski definition) is 4. The van der Waals surface area contributed by atoms with Crippen LogP contribution in [0.2, 0.25) is 0 Å². The van der Waals surface area contributed by atoms with Crippen molar-refractivity contribution in [2.45, 2.75) is 18.4 Å². The molecule has 0 radical (unpaired) electrons. The van der Waals surface area contributed by atoms with Crippen LogP contribution >= 0.6 is 0 Å². The number of benzene rings is 2. The third-order valence-electron chi connectivity index (χ3n) is 3.07. The van der Waals surface area contributed by atoms with E-state index >= 15 is 0 Å². The Morgan fingerprint density at radius 1 is 1.14 bits per heavy atom. The number of para-hydroxylation sites is 1. The predicted molar refractivity (Wildman–Crippen MR) is 83.6 cm³/mol. The molecule has 6 heteroatoms. The summed E-state index contributed by atoms with van der Waals surface area (Å²) >= 11 is 0. The highest BCUT2D eigenvalue weighted by atomic mass is 32.2. The molecule has 21 heavy (non-hydrogen) atoms. The zero-order valence-electron chi connectivity index (χ0n) is 12.0. The molecule has 2 aromatic carbocycles. The first-order valence-corrected chi connectivity index (χ1v) is 7.89. The van der Waals surface area contributed by atoms with E-state index in [1.807, 2.05) is 12.1 Å². The van der Waals surface area contributed by atoms with E-state index in [2.05, 4.69) is 4.72 Å². The summed E-state index contributed by atoms with van der Waals surface area (Å²) in [6, 6.07) is 12.1. The molecule has 3 N–H and O–H groups in total. The quantitative estimate of drug-likeness (QED) is 0.832. The molecule has 0 heterocycles. The van der Waals surface area contributed by atoms with E-state index in [0.717, 1.165) is 5.56 Å². The Morgan fingerprint density at radius 2 is 1.86 bits per heavy atom. The fraction of sp³-hybridized carbons (Fsp3) is 0.200. The van der Waals surface area contributed by atoms with Crippen molar-refractivity contribution in [3.8, 4) is 0 Å². The zero-order valence-corrected chi connectivity index (χ0v) is 12.8. The molecule has 0 unspecified atom stereocenters. The van der Waals surface area contributed by atoms with Crippen molar-refractivity contribution in [1.29, 1.82) is 0 Å². The van der Waals surface area contributed by atoms with Crippen LogP contribution in [0, 0.1) is 6.92 Å². The zero-order chi connectivity index (χ0) is 15.5. The van der Waals surface area contributed by atoms with Crippen LogP contribution in [0.15, 0.2) is 47.4 Å². The number of rotatable bonds is 5. The van der Waals surface area contributed by atoms with Crippen LogP contribution in [0.25, 0.3) is 0 Å². The molecule has 2 rings (SSSR count). The predicted octanol–water partition coefficient (Wildman–Crippen LogP) is 2.52. The summed E-state index contributed by atoms with van der Waals surface area (Å²) in [5.41, 5.74) is 7.89. The van der Waals surface area contributed by atoms with Gasteiger partial charge in [0.25, 0.3) is 10.0 Å². The second-order valence-electron chi connectivity index (χ2n) is 4.69. The Morgan fingerprint density at radius 3 is 2.52 bits per heavy atom. The monoisotopic (exact) mass is 306 g/mol. The molecular formula is C15H18N2O3S. The Hall–Kier alpha value is -2.05. The normalized spacial score (nSPS) is 11.3. The van der Waals surface area contributed by atoms with Gasteiger partial charge in [-0.2, -0.15) is 0 Å². The topological polar surface area (TPSA) is 81.4 Å².